The van der Waals surface area contributed by atoms with Crippen LogP contribution in [0.15, 0.2) is 22.8 Å². The van der Waals surface area contributed by atoms with Gasteiger partial charge in [0.2, 0.25) is 0 Å². The molecule has 5 nitrogen and oxygen atoms in total. The Morgan fingerprint density at radius 2 is 2.33 bits per heavy atom. The second-order valence-corrected chi connectivity index (χ2v) is 3.03. The van der Waals surface area contributed by atoms with Crippen molar-refractivity contribution >= 4 is 11.8 Å². The number of carbonyl (C=O) groups is 2. The molecule has 1 N–H and O–H groups in total. The van der Waals surface area contributed by atoms with Gasteiger partial charge >= 0.3 is 5.97 Å². The zero-order valence-electron chi connectivity index (χ0n) is 8.30. The van der Waals surface area contributed by atoms with E-state index >= 15 is 0 Å². The highest BCUT2D eigenvalue weighted by atomic mass is 16.5. The van der Waals surface area contributed by atoms with Crippen molar-refractivity contribution in [2.24, 2.45) is 0 Å². The van der Waals surface area contributed by atoms with E-state index in [9.17, 15) is 14.7 Å². The minimum Gasteiger partial charge on any atom is -0.469 e. The van der Waals surface area contributed by atoms with Crippen LogP contribution in [0.4, 0.5) is 0 Å². The van der Waals surface area contributed by atoms with Crippen molar-refractivity contribution in [3.63, 3.8) is 0 Å². The van der Waals surface area contributed by atoms with Gasteiger partial charge in [-0.15, -0.1) is 0 Å². The van der Waals surface area contributed by atoms with Crippen molar-refractivity contribution < 1.29 is 23.8 Å². The Morgan fingerprint density at radius 3 is 2.87 bits per heavy atom. The van der Waals surface area contributed by atoms with Crippen molar-refractivity contribution in [3.8, 4) is 0 Å². The molecule has 0 aliphatic heterocycles. The first-order valence-corrected chi connectivity index (χ1v) is 4.43. The maximum Gasteiger partial charge on any atom is 0.313 e. The summed E-state index contributed by atoms with van der Waals surface area (Å²) in [5.41, 5.74) is 0. The van der Waals surface area contributed by atoms with Crippen LogP contribution in [-0.4, -0.2) is 24.0 Å². The first-order chi connectivity index (χ1) is 7.13. The summed E-state index contributed by atoms with van der Waals surface area (Å²) in [5.74, 6) is -0.675. The summed E-state index contributed by atoms with van der Waals surface area (Å²) in [6.07, 6.45) is -0.0719. The molecule has 0 spiro atoms. The van der Waals surface area contributed by atoms with E-state index in [1.807, 2.05) is 0 Å². The molecule has 0 amide bonds. The maximum absolute atomic E-state index is 11.2. The molecule has 0 aliphatic rings. The average Bonchev–Trinajstić information content (AvgIpc) is 2.70. The Bertz CT molecular complexity index is 328. The highest BCUT2D eigenvalue weighted by molar-refractivity contribution is 5.95. The van der Waals surface area contributed by atoms with Gasteiger partial charge in [0.05, 0.1) is 13.4 Å². The van der Waals surface area contributed by atoms with Gasteiger partial charge in [0, 0.05) is 6.42 Å². The number of Topliss-reactive ketones (excluding diaryl/α,β-unsaturated/α-hetero) is 1. The molecule has 1 heterocycles. The monoisotopic (exact) mass is 212 g/mol. The molecule has 0 aromatic carbocycles. The molecule has 0 unspecified atom stereocenters. The second-order valence-electron chi connectivity index (χ2n) is 3.03. The van der Waals surface area contributed by atoms with Gasteiger partial charge in [0.25, 0.3) is 0 Å². The van der Waals surface area contributed by atoms with Crippen molar-refractivity contribution in [1.29, 1.82) is 0 Å². The van der Waals surface area contributed by atoms with E-state index < -0.39 is 12.1 Å². The fourth-order valence-electron chi connectivity index (χ4n) is 1.10. The quantitative estimate of drug-likeness (QED) is 0.578. The molecule has 0 saturated heterocycles. The number of rotatable bonds is 5. The standard InChI is InChI=1S/C10H12O5/c1-14-10(13)6-7(11)5-8(12)9-3-2-4-15-9/h2-4,8,12H,5-6H2,1H3/t8-/m1/s1. The van der Waals surface area contributed by atoms with E-state index in [0.29, 0.717) is 5.76 Å². The normalized spacial score (nSPS) is 12.1. The summed E-state index contributed by atoms with van der Waals surface area (Å²) in [6, 6.07) is 3.18. The highest BCUT2D eigenvalue weighted by Crippen LogP contribution is 2.17. The van der Waals surface area contributed by atoms with E-state index in [0.717, 1.165) is 0 Å². The predicted molar refractivity (Wildman–Crippen MR) is 49.9 cm³/mol. The lowest BCUT2D eigenvalue weighted by molar-refractivity contribution is -0.143. The molecule has 1 atom stereocenters. The lowest BCUT2D eigenvalue weighted by atomic mass is 10.1. The van der Waals surface area contributed by atoms with Crippen LogP contribution in [0, 0.1) is 0 Å². The molecule has 0 saturated carbocycles. The lowest BCUT2D eigenvalue weighted by Crippen LogP contribution is -2.12. The van der Waals surface area contributed by atoms with Crippen molar-refractivity contribution in [3.05, 3.63) is 24.2 Å². The largest absolute Gasteiger partial charge is 0.469 e. The van der Waals surface area contributed by atoms with Crippen LogP contribution in [0.3, 0.4) is 0 Å². The van der Waals surface area contributed by atoms with E-state index in [4.69, 9.17) is 4.42 Å². The van der Waals surface area contributed by atoms with E-state index in [1.165, 1.54) is 13.4 Å². The van der Waals surface area contributed by atoms with E-state index in [-0.39, 0.29) is 18.6 Å². The van der Waals surface area contributed by atoms with Crippen molar-refractivity contribution in [2.45, 2.75) is 18.9 Å². The number of esters is 1. The summed E-state index contributed by atoms with van der Waals surface area (Å²) in [7, 11) is 1.21. The predicted octanol–water partition coefficient (Wildman–Crippen LogP) is 0.835. The molecule has 1 aromatic heterocycles. The minimum atomic E-state index is -1.00. The Morgan fingerprint density at radius 1 is 1.60 bits per heavy atom. The summed E-state index contributed by atoms with van der Waals surface area (Å²) in [5, 5.41) is 9.50. The summed E-state index contributed by atoms with van der Waals surface area (Å²) in [6.45, 7) is 0. The SMILES string of the molecule is COC(=O)CC(=O)C[C@@H](O)c1ccco1. The van der Waals surface area contributed by atoms with Crippen LogP contribution in [0.25, 0.3) is 0 Å². The topological polar surface area (TPSA) is 76.7 Å². The van der Waals surface area contributed by atoms with Gasteiger partial charge in [-0.1, -0.05) is 0 Å². The Balaban J connectivity index is 2.42. The van der Waals surface area contributed by atoms with Gasteiger partial charge in [0.15, 0.2) is 0 Å². The molecule has 15 heavy (non-hydrogen) atoms. The number of aliphatic hydroxyl groups excluding tert-OH is 1. The fourth-order valence-corrected chi connectivity index (χ4v) is 1.10. The number of hydrogen-bond donors (Lipinski definition) is 1. The minimum absolute atomic E-state index is 0.150. The zero-order valence-corrected chi connectivity index (χ0v) is 8.30. The lowest BCUT2D eigenvalue weighted by Gasteiger charge is -2.05. The second kappa shape index (κ2) is 5.31. The van der Waals surface area contributed by atoms with Crippen LogP contribution < -0.4 is 0 Å². The zero-order chi connectivity index (χ0) is 11.3. The molecule has 0 aliphatic carbocycles. The first kappa shape index (κ1) is 11.5. The molecule has 0 fully saturated rings. The number of carbonyl (C=O) groups excluding carboxylic acids is 2. The van der Waals surface area contributed by atoms with Crippen molar-refractivity contribution in [2.75, 3.05) is 7.11 Å². The highest BCUT2D eigenvalue weighted by Gasteiger charge is 2.17. The number of hydrogen-bond acceptors (Lipinski definition) is 5. The fraction of sp³-hybridized carbons (Fsp3) is 0.400. The van der Waals surface area contributed by atoms with Crippen LogP contribution in [-0.2, 0) is 14.3 Å². The number of ketones is 1. The summed E-state index contributed by atoms with van der Waals surface area (Å²) in [4.78, 5) is 22.0. The number of methoxy groups -OCH3 is 1. The molecule has 82 valence electrons. The van der Waals surface area contributed by atoms with E-state index in [2.05, 4.69) is 4.74 Å². The van der Waals surface area contributed by atoms with Gasteiger partial charge in [-0.3, -0.25) is 9.59 Å². The molecule has 0 bridgehead atoms. The molecular formula is C10H12O5. The first-order valence-electron chi connectivity index (χ1n) is 4.43. The van der Waals surface area contributed by atoms with Crippen LogP contribution in [0.2, 0.25) is 0 Å². The molecule has 1 aromatic rings. The third kappa shape index (κ3) is 3.55. The summed E-state index contributed by atoms with van der Waals surface area (Å²) >= 11 is 0. The Kier molecular flexibility index (Phi) is 4.05. The van der Waals surface area contributed by atoms with Crippen molar-refractivity contribution in [1.82, 2.24) is 0 Å². The average molecular weight is 212 g/mol. The molecule has 1 rings (SSSR count). The van der Waals surface area contributed by atoms with E-state index in [1.54, 1.807) is 12.1 Å². The molecular weight excluding hydrogens is 200 g/mol. The summed E-state index contributed by atoms with van der Waals surface area (Å²) < 4.78 is 9.24. The number of ether oxygens (including phenoxy) is 1. The Labute approximate surface area is 86.6 Å². The Hall–Kier alpha value is -1.62. The third-order valence-corrected chi connectivity index (χ3v) is 1.86. The van der Waals surface area contributed by atoms with Gasteiger partial charge in [-0.05, 0) is 12.1 Å². The number of aliphatic hydroxyl groups is 1. The van der Waals surface area contributed by atoms with Gasteiger partial charge in [0.1, 0.15) is 24.1 Å². The van der Waals surface area contributed by atoms with Crippen LogP contribution in [0.1, 0.15) is 24.7 Å². The number of furan rings is 1. The molecule has 5 heteroatoms. The van der Waals surface area contributed by atoms with Gasteiger partial charge < -0.3 is 14.3 Å². The maximum atomic E-state index is 11.2. The van der Waals surface area contributed by atoms with Crippen LogP contribution in [0.5, 0.6) is 0 Å². The third-order valence-electron chi connectivity index (χ3n) is 1.86. The van der Waals surface area contributed by atoms with Gasteiger partial charge in [-0.25, -0.2) is 0 Å². The van der Waals surface area contributed by atoms with Gasteiger partial charge in [-0.2, -0.15) is 0 Å². The smallest absolute Gasteiger partial charge is 0.313 e. The molecule has 0 radical (unpaired) electrons. The van der Waals surface area contributed by atoms with Crippen LogP contribution >= 0.6 is 0 Å².